The lowest BCUT2D eigenvalue weighted by Gasteiger charge is -2.20. The number of carbonyl (C=O) groups is 1. The van der Waals surface area contributed by atoms with Crippen LogP contribution in [0.15, 0.2) is 42.6 Å². The summed E-state index contributed by atoms with van der Waals surface area (Å²) in [6.07, 6.45) is 4.00. The predicted octanol–water partition coefficient (Wildman–Crippen LogP) is 2.48. The summed E-state index contributed by atoms with van der Waals surface area (Å²) >= 11 is 0. The number of nitrogens with zero attached hydrogens (tertiary/aromatic N) is 2. The van der Waals surface area contributed by atoms with Crippen LogP contribution in [0.5, 0.6) is 0 Å². The number of amides is 1. The molecule has 1 aromatic carbocycles. The van der Waals surface area contributed by atoms with Crippen molar-refractivity contribution in [1.29, 1.82) is 0 Å². The van der Waals surface area contributed by atoms with Crippen LogP contribution in [0, 0.1) is 0 Å². The Morgan fingerprint density at radius 1 is 1.39 bits per heavy atom. The molecule has 0 aliphatic carbocycles. The van der Waals surface area contributed by atoms with E-state index in [9.17, 15) is 18.7 Å². The summed E-state index contributed by atoms with van der Waals surface area (Å²) in [5, 5.41) is 10.1. The number of aromatic nitrogens is 1. The highest BCUT2D eigenvalue weighted by molar-refractivity contribution is 5.96. The number of alkyl halides is 2. The van der Waals surface area contributed by atoms with Crippen molar-refractivity contribution in [2.75, 3.05) is 13.2 Å². The van der Waals surface area contributed by atoms with Gasteiger partial charge < -0.3 is 10.0 Å². The molecule has 0 bridgehead atoms. The normalized spacial score (nSPS) is 20.5. The van der Waals surface area contributed by atoms with Crippen LogP contribution in [-0.4, -0.2) is 46.0 Å². The number of aliphatic hydroxyl groups is 1. The molecule has 6 heteroatoms. The Labute approximate surface area is 132 Å². The quantitative estimate of drug-likeness (QED) is 0.885. The first-order chi connectivity index (χ1) is 11.0. The number of pyridine rings is 1. The van der Waals surface area contributed by atoms with Gasteiger partial charge in [0.1, 0.15) is 0 Å². The Morgan fingerprint density at radius 2 is 2.17 bits per heavy atom. The van der Waals surface area contributed by atoms with Gasteiger partial charge in [0.2, 0.25) is 5.91 Å². The Bertz CT molecular complexity index is 756. The lowest BCUT2D eigenvalue weighted by atomic mass is 10.1. The molecule has 1 saturated heterocycles. The molecule has 120 valence electrons. The summed E-state index contributed by atoms with van der Waals surface area (Å²) in [6, 6.07) is 8.40. The number of carbonyl (C=O) groups excluding carboxylic acids is 1. The average molecular weight is 318 g/mol. The number of hydrogen-bond donors (Lipinski definition) is 1. The third kappa shape index (κ3) is 3.22. The largest absolute Gasteiger partial charge is 0.394 e. The number of para-hydroxylation sites is 1. The van der Waals surface area contributed by atoms with Gasteiger partial charge in [-0.15, -0.1) is 0 Å². The van der Waals surface area contributed by atoms with Crippen LogP contribution in [0.25, 0.3) is 17.0 Å². The van der Waals surface area contributed by atoms with E-state index < -0.39 is 37.4 Å². The predicted molar refractivity (Wildman–Crippen MR) is 82.9 cm³/mol. The minimum atomic E-state index is -2.94. The van der Waals surface area contributed by atoms with E-state index in [1.807, 2.05) is 24.3 Å². The Kier molecular flexibility index (Phi) is 4.09. The van der Waals surface area contributed by atoms with Gasteiger partial charge in [0, 0.05) is 24.1 Å². The first-order valence-corrected chi connectivity index (χ1v) is 7.31. The summed E-state index contributed by atoms with van der Waals surface area (Å²) in [6.45, 7) is -1.12. The van der Waals surface area contributed by atoms with Crippen LogP contribution in [0.2, 0.25) is 0 Å². The monoisotopic (exact) mass is 318 g/mol. The van der Waals surface area contributed by atoms with Crippen LogP contribution in [0.1, 0.15) is 12.0 Å². The molecule has 2 aromatic rings. The number of hydrogen-bond acceptors (Lipinski definition) is 3. The number of aliphatic hydroxyl groups excluding tert-OH is 1. The van der Waals surface area contributed by atoms with Crippen LogP contribution in [-0.2, 0) is 4.79 Å². The van der Waals surface area contributed by atoms with Gasteiger partial charge in [-0.1, -0.05) is 18.2 Å². The maximum absolute atomic E-state index is 13.4. The van der Waals surface area contributed by atoms with Gasteiger partial charge in [-0.25, -0.2) is 8.78 Å². The molecule has 0 spiro atoms. The SMILES string of the molecule is O=C(/C=C/c1ccnc2ccccc12)N1CC(F)(F)CC1CO. The lowest BCUT2D eigenvalue weighted by Crippen LogP contribution is -2.37. The zero-order valence-electron chi connectivity index (χ0n) is 12.3. The molecule has 1 amide bonds. The summed E-state index contributed by atoms with van der Waals surface area (Å²) in [5.74, 6) is -3.47. The van der Waals surface area contributed by atoms with E-state index >= 15 is 0 Å². The van der Waals surface area contributed by atoms with Gasteiger partial charge in [-0.3, -0.25) is 9.78 Å². The number of likely N-dealkylation sites (tertiary alicyclic amines) is 1. The van der Waals surface area contributed by atoms with Crippen molar-refractivity contribution in [1.82, 2.24) is 9.88 Å². The zero-order valence-corrected chi connectivity index (χ0v) is 12.3. The molecular formula is C17H16F2N2O2. The van der Waals surface area contributed by atoms with Crippen molar-refractivity contribution in [3.8, 4) is 0 Å². The van der Waals surface area contributed by atoms with Gasteiger partial charge in [0.15, 0.2) is 0 Å². The molecule has 3 rings (SSSR count). The van der Waals surface area contributed by atoms with Crippen LogP contribution >= 0.6 is 0 Å². The molecule has 2 heterocycles. The van der Waals surface area contributed by atoms with E-state index in [0.29, 0.717) is 0 Å². The van der Waals surface area contributed by atoms with Crippen molar-refractivity contribution in [3.05, 3.63) is 48.2 Å². The third-order valence-electron chi connectivity index (χ3n) is 3.96. The van der Waals surface area contributed by atoms with E-state index in [1.165, 1.54) is 6.08 Å². The van der Waals surface area contributed by atoms with Gasteiger partial charge in [0.25, 0.3) is 5.92 Å². The Morgan fingerprint density at radius 3 is 2.96 bits per heavy atom. The summed E-state index contributed by atoms with van der Waals surface area (Å²) in [4.78, 5) is 17.4. The second-order valence-electron chi connectivity index (χ2n) is 5.61. The molecular weight excluding hydrogens is 302 g/mol. The van der Waals surface area contributed by atoms with Crippen LogP contribution < -0.4 is 0 Å². The molecule has 23 heavy (non-hydrogen) atoms. The van der Waals surface area contributed by atoms with Crippen LogP contribution in [0.4, 0.5) is 8.78 Å². The van der Waals surface area contributed by atoms with Gasteiger partial charge >= 0.3 is 0 Å². The van der Waals surface area contributed by atoms with E-state index in [2.05, 4.69) is 4.98 Å². The van der Waals surface area contributed by atoms with Crippen LogP contribution in [0.3, 0.4) is 0 Å². The van der Waals surface area contributed by atoms with Crippen molar-refractivity contribution in [3.63, 3.8) is 0 Å². The fraction of sp³-hybridized carbons (Fsp3) is 0.294. The highest BCUT2D eigenvalue weighted by Gasteiger charge is 2.46. The van der Waals surface area contributed by atoms with Crippen molar-refractivity contribution >= 4 is 22.9 Å². The van der Waals surface area contributed by atoms with E-state index in [1.54, 1.807) is 18.3 Å². The maximum Gasteiger partial charge on any atom is 0.267 e. The molecule has 1 N–H and O–H groups in total. The molecule has 1 atom stereocenters. The smallest absolute Gasteiger partial charge is 0.267 e. The lowest BCUT2D eigenvalue weighted by molar-refractivity contribution is -0.128. The van der Waals surface area contributed by atoms with Crippen molar-refractivity contribution in [2.24, 2.45) is 0 Å². The van der Waals surface area contributed by atoms with Gasteiger partial charge in [0.05, 0.1) is 24.7 Å². The highest BCUT2D eigenvalue weighted by Crippen LogP contribution is 2.32. The molecule has 0 saturated carbocycles. The van der Waals surface area contributed by atoms with Crippen molar-refractivity contribution in [2.45, 2.75) is 18.4 Å². The first-order valence-electron chi connectivity index (χ1n) is 7.31. The molecule has 1 aliphatic rings. The molecule has 1 aromatic heterocycles. The second kappa shape index (κ2) is 6.04. The minimum absolute atomic E-state index is 0.465. The summed E-state index contributed by atoms with van der Waals surface area (Å²) in [7, 11) is 0. The van der Waals surface area contributed by atoms with E-state index in [-0.39, 0.29) is 0 Å². The topological polar surface area (TPSA) is 53.4 Å². The second-order valence-corrected chi connectivity index (χ2v) is 5.61. The van der Waals surface area contributed by atoms with Gasteiger partial charge in [-0.05, 0) is 23.8 Å². The summed E-state index contributed by atoms with van der Waals surface area (Å²) in [5.41, 5.74) is 1.58. The number of halogens is 2. The highest BCUT2D eigenvalue weighted by atomic mass is 19.3. The number of rotatable bonds is 3. The van der Waals surface area contributed by atoms with E-state index in [4.69, 9.17) is 0 Å². The fourth-order valence-corrected chi connectivity index (χ4v) is 2.84. The number of benzene rings is 1. The molecule has 0 radical (unpaired) electrons. The molecule has 1 fully saturated rings. The van der Waals surface area contributed by atoms with Gasteiger partial charge in [-0.2, -0.15) is 0 Å². The fourth-order valence-electron chi connectivity index (χ4n) is 2.84. The van der Waals surface area contributed by atoms with E-state index in [0.717, 1.165) is 21.4 Å². The standard InChI is InChI=1S/C17H16F2N2O2/c18-17(19)9-13(10-22)21(11-17)16(23)6-5-12-7-8-20-15-4-2-1-3-14(12)15/h1-8,13,22H,9-11H2/b6-5+. The summed E-state index contributed by atoms with van der Waals surface area (Å²) < 4.78 is 26.9. The Hall–Kier alpha value is -2.34. The minimum Gasteiger partial charge on any atom is -0.394 e. The number of fused-ring (bicyclic) bond motifs is 1. The molecule has 1 unspecified atom stereocenters. The molecule has 4 nitrogen and oxygen atoms in total. The zero-order chi connectivity index (χ0) is 16.4. The maximum atomic E-state index is 13.4. The average Bonchev–Trinajstić information content (AvgIpc) is 2.87. The van der Waals surface area contributed by atoms with Crippen molar-refractivity contribution < 1.29 is 18.7 Å². The third-order valence-corrected chi connectivity index (χ3v) is 3.96. The first kappa shape index (κ1) is 15.6. The Balaban J connectivity index is 1.83. The molecule has 1 aliphatic heterocycles.